The smallest absolute Gasteiger partial charge is 0.754 e. The second-order valence-electron chi connectivity index (χ2n) is 10.5. The van der Waals surface area contributed by atoms with Gasteiger partial charge in [0.2, 0.25) is 17.8 Å². The Kier molecular flexibility index (Phi) is 20.0. The molecule has 5 aromatic carbocycles. The summed E-state index contributed by atoms with van der Waals surface area (Å²) in [5.74, 6) is -1.23. The fourth-order valence-corrected chi connectivity index (χ4v) is 6.31. The van der Waals surface area contributed by atoms with Crippen LogP contribution >= 0.6 is 0 Å². The van der Waals surface area contributed by atoms with Crippen molar-refractivity contribution in [3.8, 4) is 0 Å². The molecule has 0 aliphatic carbocycles. The molecule has 1 aromatic heterocycles. The molecule has 0 aliphatic rings. The Bertz CT molecular complexity index is 2690. The summed E-state index contributed by atoms with van der Waals surface area (Å²) in [5, 5.41) is 21.5. The zero-order valence-corrected chi connectivity index (χ0v) is 40.1. The number of carbonyl (C=O) groups excluding carboxylic acids is 1. The molecule has 0 fully saturated rings. The van der Waals surface area contributed by atoms with E-state index in [9.17, 15) is 35.8 Å². The van der Waals surface area contributed by atoms with Crippen LogP contribution in [-0.2, 0) is 30.8 Å². The Hall–Kier alpha value is -2.06. The third-order valence-electron chi connectivity index (χ3n) is 6.89. The number of carbonyl (C=O) groups is 1. The van der Waals surface area contributed by atoms with Gasteiger partial charge in [0.1, 0.15) is 10.1 Å². The summed E-state index contributed by atoms with van der Waals surface area (Å²) < 4.78 is 96.0. The van der Waals surface area contributed by atoms with Crippen LogP contribution in [0.1, 0.15) is 15.9 Å². The van der Waals surface area contributed by atoms with Crippen LogP contribution in [0.3, 0.4) is 0 Å². The van der Waals surface area contributed by atoms with Gasteiger partial charge in [-0.3, -0.25) is 8.42 Å². The Labute approximate surface area is 404 Å². The Morgan fingerprint density at radius 2 is 1.04 bits per heavy atom. The molecule has 55 heavy (non-hydrogen) atoms. The average molecular weight is 841 g/mol. The molecule has 0 spiro atoms. The van der Waals surface area contributed by atoms with Gasteiger partial charge in [0.25, 0.3) is 0 Å². The number of hydrogen-bond acceptors (Lipinski definition) is 17. The van der Waals surface area contributed by atoms with E-state index in [1.807, 2.05) is 0 Å². The monoisotopic (exact) mass is 840 g/mol. The summed E-state index contributed by atoms with van der Waals surface area (Å²) in [5.41, 5.74) is 1.86. The van der Waals surface area contributed by atoms with Crippen molar-refractivity contribution in [1.29, 1.82) is 0 Å². The number of aromatic carboxylic acids is 1. The fraction of sp³-hybridized carbons (Fsp3) is 0.0323. The molecular weight excluding hydrogens is 821 g/mol. The number of carboxylic acid groups (broad SMARTS) is 1. The van der Waals surface area contributed by atoms with Gasteiger partial charge in [-0.25, -0.2) is 8.42 Å². The minimum atomic E-state index is -4.74. The van der Waals surface area contributed by atoms with E-state index in [0.717, 1.165) is 6.07 Å². The Morgan fingerprint density at radius 1 is 0.618 bits per heavy atom. The van der Waals surface area contributed by atoms with Gasteiger partial charge in [-0.2, -0.15) is 33.2 Å². The van der Waals surface area contributed by atoms with Gasteiger partial charge >= 0.3 is 129 Å². The third kappa shape index (κ3) is 14.1. The molecule has 262 valence electrons. The van der Waals surface area contributed by atoms with Crippen molar-refractivity contribution in [2.75, 3.05) is 16.0 Å². The molecule has 3 N–H and O–H groups in total. The number of rotatable bonds is 9. The molecular formula is C31H20N6Na4O11S3. The summed E-state index contributed by atoms with van der Waals surface area (Å²) in [6.45, 7) is 1.67. The molecule has 0 aliphatic heterocycles. The Morgan fingerprint density at radius 3 is 1.49 bits per heavy atom. The average Bonchev–Trinajstić information content (AvgIpc) is 3.03. The molecule has 0 atom stereocenters. The summed E-state index contributed by atoms with van der Waals surface area (Å²) >= 11 is 0. The molecule has 6 aromatic rings. The maximum absolute atomic E-state index is 11.8. The topological polar surface area (TPSA) is 280 Å². The van der Waals surface area contributed by atoms with Crippen LogP contribution in [-0.4, -0.2) is 59.5 Å². The minimum absolute atomic E-state index is 0. The first-order valence-corrected chi connectivity index (χ1v) is 17.8. The number of aryl methyl sites for hydroxylation is 1. The molecule has 0 saturated heterocycles. The van der Waals surface area contributed by atoms with E-state index in [4.69, 9.17) is 12.6 Å². The predicted octanol–water partition coefficient (Wildman–Crippen LogP) is -9.30. The number of carboxylic acids is 1. The largest absolute Gasteiger partial charge is 1.00 e. The Balaban J connectivity index is 0.00000180. The molecule has 24 heteroatoms. The van der Waals surface area contributed by atoms with Crippen molar-refractivity contribution in [2.45, 2.75) is 16.7 Å². The van der Waals surface area contributed by atoms with Crippen LogP contribution in [0.25, 0.3) is 21.5 Å². The van der Waals surface area contributed by atoms with E-state index in [2.05, 4.69) is 37.0 Å². The standard InChI is InChI=1S/C31H23N6O8S2.4Na.O3S/c1-17-13-20-16-23(10-12-25(20)27(14-17)47(43,44)45)34-31-36-29(32-21-7-5-18(6-8-21)28(38)39)35-30(37-31)33-22-9-11-24-19(15-22)3-2-4-26(24)46(40,41)42;;;;;1-4(2)3/h3-16H,1H3,(H,38,39)(H,40,41,42)(H,43,44,45)(H3,32,33,34,35,36,37);;;;;/q-1;4*+1;/p-3. The van der Waals surface area contributed by atoms with Gasteiger partial charge in [0, 0.05) is 17.1 Å². The predicted molar refractivity (Wildman–Crippen MR) is 178 cm³/mol. The first-order valence-electron chi connectivity index (χ1n) is 14.0. The third-order valence-corrected chi connectivity index (χ3v) is 8.65. The molecule has 0 unspecified atom stereocenters. The van der Waals surface area contributed by atoms with E-state index in [0.29, 0.717) is 33.4 Å². The van der Waals surface area contributed by atoms with Crippen molar-refractivity contribution < 1.29 is 167 Å². The number of nitrogens with zero attached hydrogens (tertiary/aromatic N) is 3. The van der Waals surface area contributed by atoms with Crippen molar-refractivity contribution in [3.63, 3.8) is 0 Å². The summed E-state index contributed by atoms with van der Waals surface area (Å²) in [6.07, 6.45) is 0. The van der Waals surface area contributed by atoms with Gasteiger partial charge in [0.15, 0.2) is 0 Å². The molecule has 0 amide bonds. The number of aromatic nitrogens is 3. The first kappa shape index (κ1) is 51.0. The van der Waals surface area contributed by atoms with Gasteiger partial charge in [-0.05, 0) is 70.1 Å². The zero-order valence-electron chi connectivity index (χ0n) is 29.6. The zero-order chi connectivity index (χ0) is 37.1. The van der Waals surface area contributed by atoms with E-state index in [1.54, 1.807) is 31.2 Å². The number of benzene rings is 5. The summed E-state index contributed by atoms with van der Waals surface area (Å²) in [4.78, 5) is 23.6. The van der Waals surface area contributed by atoms with Crippen LogP contribution in [0.15, 0.2) is 94.7 Å². The van der Waals surface area contributed by atoms with E-state index >= 15 is 0 Å². The molecule has 17 nitrogen and oxygen atoms in total. The molecule has 6 rings (SSSR count). The molecule has 0 radical (unpaired) electrons. The summed E-state index contributed by atoms with van der Waals surface area (Å²) in [7, 11) is -12.6. The fourth-order valence-electron chi connectivity index (χ4n) is 4.86. The van der Waals surface area contributed by atoms with Gasteiger partial charge in [-0.1, -0.05) is 36.4 Å². The second-order valence-corrected chi connectivity index (χ2v) is 13.6. The number of hydrogen-bond donors (Lipinski definition) is 3. The maximum atomic E-state index is 11.8. The number of nitrogens with one attached hydrogen (secondary N) is 3. The number of fused-ring (bicyclic) bond motifs is 2. The van der Waals surface area contributed by atoms with Crippen molar-refractivity contribution in [3.05, 3.63) is 102 Å². The second kappa shape index (κ2) is 21.6. The van der Waals surface area contributed by atoms with E-state index in [1.165, 1.54) is 54.6 Å². The van der Waals surface area contributed by atoms with Crippen LogP contribution in [0, 0.1) is 13.0 Å². The van der Waals surface area contributed by atoms with Crippen molar-refractivity contribution >= 4 is 93.3 Å². The first-order chi connectivity index (χ1) is 24.0. The van der Waals surface area contributed by atoms with Crippen LogP contribution in [0.4, 0.5) is 34.9 Å². The number of anilines is 6. The summed E-state index contributed by atoms with van der Waals surface area (Å²) in [6, 6.07) is 23.2. The van der Waals surface area contributed by atoms with Crippen molar-refractivity contribution in [1.82, 2.24) is 15.0 Å². The normalized spacial score (nSPS) is 10.5. The maximum Gasteiger partial charge on any atom is 1.00 e. The van der Waals surface area contributed by atoms with Gasteiger partial charge < -0.3 is 35.0 Å². The van der Waals surface area contributed by atoms with E-state index in [-0.39, 0.29) is 157 Å². The quantitative estimate of drug-likeness (QED) is 0.0692. The molecule has 1 heterocycles. The molecule has 0 bridgehead atoms. The molecule has 0 saturated carbocycles. The van der Waals surface area contributed by atoms with Crippen LogP contribution in [0.5, 0.6) is 0 Å². The van der Waals surface area contributed by atoms with Crippen LogP contribution < -0.4 is 139 Å². The van der Waals surface area contributed by atoms with Crippen molar-refractivity contribution in [2.24, 2.45) is 0 Å². The van der Waals surface area contributed by atoms with E-state index < -0.39 is 41.7 Å². The van der Waals surface area contributed by atoms with Gasteiger partial charge in [0.05, 0.1) is 21.0 Å². The van der Waals surface area contributed by atoms with Crippen LogP contribution in [0.2, 0.25) is 0 Å². The minimum Gasteiger partial charge on any atom is -0.754 e. The SMILES string of the molecule is Cc1cc(S(=O)(=O)[O-])c2ccc(Nc3nc(Nc4ccc(C(=O)[O-])cc4)nc(Nc4ccc5c(S(=O)(=O)[O-])c[c-]cc5c4)n3)cc2c1.O=S(=O)=O.[Na+].[Na+].[Na+].[Na+]. The van der Waals surface area contributed by atoms with Gasteiger partial charge in [-0.15, -0.1) is 23.4 Å².